The van der Waals surface area contributed by atoms with Crippen molar-refractivity contribution in [2.75, 3.05) is 58.9 Å². The molecule has 0 radical (unpaired) electrons. The number of carboxylic acid groups (broad SMARTS) is 3. The Kier molecular flexibility index (Phi) is 10.2. The van der Waals surface area contributed by atoms with Gasteiger partial charge in [0.15, 0.2) is 0 Å². The number of hydrogen-bond donors (Lipinski definition) is 3. The number of halogens is 1. The van der Waals surface area contributed by atoms with E-state index in [9.17, 15) is 24.6 Å². The molecule has 2 rings (SSSR count). The van der Waals surface area contributed by atoms with Crippen LogP contribution in [-0.4, -0.2) is 117 Å². The number of rotatable bonds is 8. The van der Waals surface area contributed by atoms with Crippen LogP contribution in [-0.2, 0) is 20.9 Å². The Hall–Kier alpha value is -2.89. The molecule has 0 aromatic carbocycles. The van der Waals surface area contributed by atoms with Gasteiger partial charge >= 0.3 is 17.9 Å². The van der Waals surface area contributed by atoms with Gasteiger partial charge in [-0.25, -0.2) is 4.98 Å². The maximum atomic E-state index is 11.3. The molecule has 11 nitrogen and oxygen atoms in total. The summed E-state index contributed by atoms with van der Waals surface area (Å²) >= 11 is 5.99. The maximum Gasteiger partial charge on any atom is 0.323 e. The van der Waals surface area contributed by atoms with Gasteiger partial charge in [0, 0.05) is 58.2 Å². The fourth-order valence-corrected chi connectivity index (χ4v) is 3.45. The van der Waals surface area contributed by atoms with Crippen LogP contribution in [0.5, 0.6) is 0 Å². The molecule has 1 aromatic rings. The third-order valence-corrected chi connectivity index (χ3v) is 5.03. The molecule has 0 spiro atoms. The van der Waals surface area contributed by atoms with Gasteiger partial charge in [-0.15, -0.1) is 0 Å². The minimum atomic E-state index is -1.03. The molecule has 0 unspecified atom stereocenters. The minimum absolute atomic E-state index is 0.168. The smallest absolute Gasteiger partial charge is 0.323 e. The van der Waals surface area contributed by atoms with E-state index in [1.54, 1.807) is 34.3 Å². The highest BCUT2D eigenvalue weighted by molar-refractivity contribution is 6.29. The topological polar surface area (TPSA) is 138 Å². The lowest BCUT2D eigenvalue weighted by Crippen LogP contribution is -2.44. The second-order valence-corrected chi connectivity index (χ2v) is 7.81. The van der Waals surface area contributed by atoms with Gasteiger partial charge < -0.3 is 25.1 Å². The quantitative estimate of drug-likeness (QED) is 0.449. The van der Waals surface area contributed by atoms with Gasteiger partial charge in [0.05, 0.1) is 12.2 Å². The predicted molar refractivity (Wildman–Crippen MR) is 116 cm³/mol. The van der Waals surface area contributed by atoms with Crippen LogP contribution in [0.3, 0.4) is 0 Å². The van der Waals surface area contributed by atoms with E-state index >= 15 is 0 Å². The zero-order chi connectivity index (χ0) is 23.5. The second kappa shape index (κ2) is 12.8. The van der Waals surface area contributed by atoms with Crippen LogP contribution in [0.4, 0.5) is 0 Å². The van der Waals surface area contributed by atoms with Crippen LogP contribution in [0.1, 0.15) is 5.69 Å². The standard InChI is InChI=1S/C20H28ClN5O6/c21-17-3-1-2-16(22-17)12-23-4-6-24(13-18(27)28)8-10-26(15-20(31)32)11-9-25(7-5-23)14-19(29)30/h1-3,8,10H,4-7,9,11-15H2,(H,27,28)(H,29,30)(H,31,32)/b10-8-. The molecule has 1 aromatic heterocycles. The predicted octanol–water partition coefficient (Wildman–Crippen LogP) is 0.182. The Bertz CT molecular complexity index is 823. The lowest BCUT2D eigenvalue weighted by Gasteiger charge is -2.31. The molecular formula is C20H28ClN5O6. The van der Waals surface area contributed by atoms with Crippen LogP contribution in [0, 0.1) is 0 Å². The normalized spacial score (nSPS) is 17.9. The van der Waals surface area contributed by atoms with Crippen molar-refractivity contribution in [3.05, 3.63) is 41.4 Å². The molecule has 3 N–H and O–H groups in total. The Morgan fingerprint density at radius 1 is 0.781 bits per heavy atom. The zero-order valence-electron chi connectivity index (χ0n) is 17.6. The first-order chi connectivity index (χ1) is 15.2. The van der Waals surface area contributed by atoms with Crippen molar-refractivity contribution in [2.24, 2.45) is 0 Å². The molecule has 0 bridgehead atoms. The zero-order valence-corrected chi connectivity index (χ0v) is 18.4. The highest BCUT2D eigenvalue weighted by Gasteiger charge is 2.17. The molecule has 12 heteroatoms. The van der Waals surface area contributed by atoms with Gasteiger partial charge in [-0.1, -0.05) is 17.7 Å². The summed E-state index contributed by atoms with van der Waals surface area (Å²) in [5, 5.41) is 28.0. The average molecular weight is 470 g/mol. The number of aromatic nitrogens is 1. The summed E-state index contributed by atoms with van der Waals surface area (Å²) < 4.78 is 0. The average Bonchev–Trinajstić information content (AvgIpc) is 2.69. The van der Waals surface area contributed by atoms with Crippen molar-refractivity contribution in [1.82, 2.24) is 24.6 Å². The van der Waals surface area contributed by atoms with Gasteiger partial charge in [-0.3, -0.25) is 24.2 Å². The highest BCUT2D eigenvalue weighted by Crippen LogP contribution is 2.09. The SMILES string of the molecule is O=C(O)CN1/C=C\N(CC(=O)O)CCN(Cc2cccc(Cl)n2)CCN(CC(=O)O)CC1. The van der Waals surface area contributed by atoms with Crippen molar-refractivity contribution in [3.8, 4) is 0 Å². The second-order valence-electron chi connectivity index (χ2n) is 7.42. The summed E-state index contributed by atoms with van der Waals surface area (Å²) in [6.07, 6.45) is 3.11. The molecule has 0 atom stereocenters. The molecule has 0 fully saturated rings. The first kappa shape index (κ1) is 25.4. The summed E-state index contributed by atoms with van der Waals surface area (Å²) in [4.78, 5) is 45.0. The number of carboxylic acids is 3. The van der Waals surface area contributed by atoms with Gasteiger partial charge in [-0.2, -0.15) is 0 Å². The van der Waals surface area contributed by atoms with Crippen molar-refractivity contribution < 1.29 is 29.7 Å². The van der Waals surface area contributed by atoms with Gasteiger partial charge in [0.25, 0.3) is 0 Å². The van der Waals surface area contributed by atoms with E-state index in [1.165, 1.54) is 4.90 Å². The molecule has 1 aliphatic heterocycles. The van der Waals surface area contributed by atoms with E-state index in [0.717, 1.165) is 5.69 Å². The minimum Gasteiger partial charge on any atom is -0.480 e. The van der Waals surface area contributed by atoms with Gasteiger partial charge in [0.1, 0.15) is 18.2 Å². The Balaban J connectivity index is 2.22. The van der Waals surface area contributed by atoms with E-state index < -0.39 is 17.9 Å². The van der Waals surface area contributed by atoms with Gasteiger partial charge in [0.2, 0.25) is 0 Å². The summed E-state index contributed by atoms with van der Waals surface area (Å²) in [6.45, 7) is 2.25. The number of hydrogen-bond acceptors (Lipinski definition) is 8. The van der Waals surface area contributed by atoms with E-state index in [1.807, 2.05) is 6.07 Å². The molecule has 1 aliphatic rings. The molecule has 0 saturated carbocycles. The Morgan fingerprint density at radius 2 is 1.28 bits per heavy atom. The Labute approximate surface area is 191 Å². The third kappa shape index (κ3) is 9.94. The van der Waals surface area contributed by atoms with Crippen LogP contribution in [0.2, 0.25) is 5.15 Å². The fourth-order valence-electron chi connectivity index (χ4n) is 3.27. The lowest BCUT2D eigenvalue weighted by atomic mass is 10.3. The number of aliphatic carboxylic acids is 3. The largest absolute Gasteiger partial charge is 0.480 e. The van der Waals surface area contributed by atoms with E-state index in [2.05, 4.69) is 9.88 Å². The van der Waals surface area contributed by atoms with E-state index in [0.29, 0.717) is 44.4 Å². The summed E-state index contributed by atoms with van der Waals surface area (Å²) in [6, 6.07) is 5.32. The van der Waals surface area contributed by atoms with Crippen molar-refractivity contribution >= 4 is 29.5 Å². The van der Waals surface area contributed by atoms with Crippen LogP contribution in [0.25, 0.3) is 0 Å². The van der Waals surface area contributed by atoms with Crippen molar-refractivity contribution in [1.29, 1.82) is 0 Å². The number of nitrogens with zero attached hydrogens (tertiary/aromatic N) is 5. The van der Waals surface area contributed by atoms with Crippen LogP contribution < -0.4 is 0 Å². The molecule has 176 valence electrons. The van der Waals surface area contributed by atoms with E-state index in [-0.39, 0.29) is 26.2 Å². The summed E-state index contributed by atoms with van der Waals surface area (Å²) in [5.41, 5.74) is 0.752. The van der Waals surface area contributed by atoms with Crippen LogP contribution in [0.15, 0.2) is 30.6 Å². The fraction of sp³-hybridized carbons (Fsp3) is 0.500. The Morgan fingerprint density at radius 3 is 1.81 bits per heavy atom. The first-order valence-electron chi connectivity index (χ1n) is 10.1. The highest BCUT2D eigenvalue weighted by atomic mass is 35.5. The first-order valence-corrected chi connectivity index (χ1v) is 10.5. The van der Waals surface area contributed by atoms with Crippen molar-refractivity contribution in [2.45, 2.75) is 6.54 Å². The molecule has 2 heterocycles. The monoisotopic (exact) mass is 469 g/mol. The van der Waals surface area contributed by atoms with Gasteiger partial charge in [-0.05, 0) is 12.1 Å². The molecular weight excluding hydrogens is 442 g/mol. The summed E-state index contributed by atoms with van der Waals surface area (Å²) in [5.74, 6) is -2.99. The lowest BCUT2D eigenvalue weighted by molar-refractivity contribution is -0.139. The summed E-state index contributed by atoms with van der Waals surface area (Å²) in [7, 11) is 0. The van der Waals surface area contributed by atoms with E-state index in [4.69, 9.17) is 16.7 Å². The number of pyridine rings is 1. The number of carbonyl (C=O) groups is 3. The maximum absolute atomic E-state index is 11.3. The van der Waals surface area contributed by atoms with Crippen LogP contribution >= 0.6 is 11.6 Å². The third-order valence-electron chi connectivity index (χ3n) is 4.82. The molecule has 32 heavy (non-hydrogen) atoms. The molecule has 0 amide bonds. The van der Waals surface area contributed by atoms with Crippen molar-refractivity contribution in [3.63, 3.8) is 0 Å². The molecule has 0 saturated heterocycles. The molecule has 0 aliphatic carbocycles.